The molecule has 2 aromatic rings. The summed E-state index contributed by atoms with van der Waals surface area (Å²) < 4.78 is 13.8. The summed E-state index contributed by atoms with van der Waals surface area (Å²) in [5.74, 6) is 0.521. The number of halogens is 4. The molecule has 0 bridgehead atoms. The smallest absolute Gasteiger partial charge is 0.151 e. The Morgan fingerprint density at radius 2 is 1.84 bits per heavy atom. The summed E-state index contributed by atoms with van der Waals surface area (Å²) in [6, 6.07) is 6.22. The molecule has 0 spiro atoms. The summed E-state index contributed by atoms with van der Waals surface area (Å²) in [5, 5.41) is 6.56. The Bertz CT molecular complexity index is 622. The van der Waals surface area contributed by atoms with E-state index in [-0.39, 0.29) is 5.82 Å². The standard InChI is InChI=1S/C12H9BrCl2FN3/c1-17-11-8(14)5-9(15)12(19-11)18-6-2-3-7(13)10(16)4-6/h2-5H,1H3,(H2,17,18,19). The molecule has 0 amide bonds. The van der Waals surface area contributed by atoms with Gasteiger partial charge in [0.2, 0.25) is 0 Å². The van der Waals surface area contributed by atoms with Crippen molar-refractivity contribution >= 4 is 56.5 Å². The average Bonchev–Trinajstić information content (AvgIpc) is 2.37. The van der Waals surface area contributed by atoms with E-state index in [0.29, 0.717) is 31.8 Å². The Kier molecular flexibility index (Phi) is 4.50. The zero-order valence-corrected chi connectivity index (χ0v) is 12.9. The molecule has 0 aliphatic carbocycles. The number of nitrogens with one attached hydrogen (secondary N) is 2. The van der Waals surface area contributed by atoms with Gasteiger partial charge in [0, 0.05) is 12.7 Å². The normalized spacial score (nSPS) is 10.4. The van der Waals surface area contributed by atoms with Crippen LogP contribution in [0.1, 0.15) is 0 Å². The number of anilines is 3. The molecule has 2 N–H and O–H groups in total. The maximum absolute atomic E-state index is 13.4. The van der Waals surface area contributed by atoms with E-state index in [4.69, 9.17) is 23.2 Å². The molecule has 2 rings (SSSR count). The Hall–Kier alpha value is -1.04. The second kappa shape index (κ2) is 5.94. The number of hydrogen-bond donors (Lipinski definition) is 2. The van der Waals surface area contributed by atoms with Gasteiger partial charge in [-0.2, -0.15) is 0 Å². The van der Waals surface area contributed by atoms with Gasteiger partial charge in [0.15, 0.2) is 5.82 Å². The molecule has 0 aliphatic heterocycles. The zero-order valence-electron chi connectivity index (χ0n) is 9.77. The quantitative estimate of drug-likeness (QED) is 0.797. The van der Waals surface area contributed by atoms with Crippen molar-refractivity contribution in [2.75, 3.05) is 17.7 Å². The van der Waals surface area contributed by atoms with Crippen molar-refractivity contribution in [3.63, 3.8) is 0 Å². The van der Waals surface area contributed by atoms with E-state index in [9.17, 15) is 4.39 Å². The van der Waals surface area contributed by atoms with Crippen molar-refractivity contribution in [2.24, 2.45) is 0 Å². The maximum atomic E-state index is 13.4. The Balaban J connectivity index is 2.34. The molecule has 0 unspecified atom stereocenters. The lowest BCUT2D eigenvalue weighted by molar-refractivity contribution is 0.622. The van der Waals surface area contributed by atoms with Crippen molar-refractivity contribution in [1.82, 2.24) is 4.98 Å². The lowest BCUT2D eigenvalue weighted by Gasteiger charge is -2.11. The van der Waals surface area contributed by atoms with Crippen LogP contribution in [-0.2, 0) is 0 Å². The Morgan fingerprint density at radius 1 is 1.16 bits per heavy atom. The van der Waals surface area contributed by atoms with Crippen LogP contribution in [0.4, 0.5) is 21.7 Å². The number of benzene rings is 1. The van der Waals surface area contributed by atoms with Crippen LogP contribution in [0.3, 0.4) is 0 Å². The lowest BCUT2D eigenvalue weighted by Crippen LogP contribution is -2.00. The third-order valence-electron chi connectivity index (χ3n) is 2.35. The molecular weight excluding hydrogens is 356 g/mol. The van der Waals surface area contributed by atoms with Crippen molar-refractivity contribution in [2.45, 2.75) is 0 Å². The van der Waals surface area contributed by atoms with Gasteiger partial charge in [-0.3, -0.25) is 0 Å². The van der Waals surface area contributed by atoms with Crippen LogP contribution in [0, 0.1) is 5.82 Å². The van der Waals surface area contributed by atoms with Crippen LogP contribution in [0.15, 0.2) is 28.7 Å². The third kappa shape index (κ3) is 3.29. The van der Waals surface area contributed by atoms with Crippen molar-refractivity contribution in [3.05, 3.63) is 44.6 Å². The maximum Gasteiger partial charge on any atom is 0.151 e. The topological polar surface area (TPSA) is 37.0 Å². The van der Waals surface area contributed by atoms with Crippen LogP contribution in [0.25, 0.3) is 0 Å². The SMILES string of the molecule is CNc1nc(Nc2ccc(Br)c(F)c2)c(Cl)cc1Cl. The highest BCUT2D eigenvalue weighted by Crippen LogP contribution is 2.31. The average molecular weight is 365 g/mol. The number of pyridine rings is 1. The first kappa shape index (κ1) is 14.4. The minimum absolute atomic E-state index is 0.354. The first-order valence-corrected chi connectivity index (χ1v) is 6.82. The minimum atomic E-state index is -0.371. The molecule has 1 heterocycles. The third-order valence-corrected chi connectivity index (χ3v) is 3.57. The largest absolute Gasteiger partial charge is 0.372 e. The number of aromatic nitrogens is 1. The fourth-order valence-corrected chi connectivity index (χ4v) is 2.19. The van der Waals surface area contributed by atoms with E-state index in [2.05, 4.69) is 31.5 Å². The van der Waals surface area contributed by atoms with Gasteiger partial charge < -0.3 is 10.6 Å². The number of nitrogens with zero attached hydrogens (tertiary/aromatic N) is 1. The second-order valence-electron chi connectivity index (χ2n) is 3.65. The minimum Gasteiger partial charge on any atom is -0.372 e. The van der Waals surface area contributed by atoms with Gasteiger partial charge in [-0.05, 0) is 40.2 Å². The van der Waals surface area contributed by atoms with Crippen LogP contribution in [0.2, 0.25) is 10.0 Å². The van der Waals surface area contributed by atoms with Crippen LogP contribution in [0.5, 0.6) is 0 Å². The molecule has 1 aromatic heterocycles. The molecule has 19 heavy (non-hydrogen) atoms. The molecule has 1 aromatic carbocycles. The van der Waals surface area contributed by atoms with Crippen LogP contribution >= 0.6 is 39.1 Å². The highest BCUT2D eigenvalue weighted by atomic mass is 79.9. The fraction of sp³-hybridized carbons (Fsp3) is 0.0833. The molecule has 7 heteroatoms. The fourth-order valence-electron chi connectivity index (χ4n) is 1.44. The van der Waals surface area contributed by atoms with E-state index in [1.165, 1.54) is 6.07 Å². The predicted octanol–water partition coefficient (Wildman–Crippen LogP) is 5.08. The van der Waals surface area contributed by atoms with E-state index in [1.54, 1.807) is 25.2 Å². The zero-order chi connectivity index (χ0) is 14.0. The molecule has 3 nitrogen and oxygen atoms in total. The summed E-state index contributed by atoms with van der Waals surface area (Å²) in [5.41, 5.74) is 0.541. The van der Waals surface area contributed by atoms with Gasteiger partial charge >= 0.3 is 0 Å². The van der Waals surface area contributed by atoms with E-state index in [1.807, 2.05) is 0 Å². The van der Waals surface area contributed by atoms with Crippen molar-refractivity contribution in [1.29, 1.82) is 0 Å². The van der Waals surface area contributed by atoms with E-state index in [0.717, 1.165) is 0 Å². The lowest BCUT2D eigenvalue weighted by atomic mass is 10.3. The van der Waals surface area contributed by atoms with Crippen molar-refractivity contribution in [3.8, 4) is 0 Å². The molecule has 100 valence electrons. The van der Waals surface area contributed by atoms with Gasteiger partial charge in [0.05, 0.1) is 14.5 Å². The van der Waals surface area contributed by atoms with E-state index < -0.39 is 0 Å². The first-order valence-electron chi connectivity index (χ1n) is 5.27. The monoisotopic (exact) mass is 363 g/mol. The van der Waals surface area contributed by atoms with E-state index >= 15 is 0 Å². The molecule has 0 radical (unpaired) electrons. The highest BCUT2D eigenvalue weighted by molar-refractivity contribution is 9.10. The van der Waals surface area contributed by atoms with Gasteiger partial charge in [-0.25, -0.2) is 9.37 Å². The van der Waals surface area contributed by atoms with Gasteiger partial charge in [-0.1, -0.05) is 23.2 Å². The summed E-state index contributed by atoms with van der Waals surface area (Å²) in [6.07, 6.45) is 0. The van der Waals surface area contributed by atoms with Gasteiger partial charge in [0.1, 0.15) is 11.6 Å². The first-order chi connectivity index (χ1) is 9.01. The molecular formula is C12H9BrCl2FN3. The number of hydrogen-bond acceptors (Lipinski definition) is 3. The Morgan fingerprint density at radius 3 is 2.47 bits per heavy atom. The molecule has 0 saturated carbocycles. The number of rotatable bonds is 3. The second-order valence-corrected chi connectivity index (χ2v) is 5.32. The molecule has 0 fully saturated rings. The molecule has 0 atom stereocenters. The van der Waals surface area contributed by atoms with Crippen molar-refractivity contribution < 1.29 is 4.39 Å². The van der Waals surface area contributed by atoms with Gasteiger partial charge in [0.25, 0.3) is 0 Å². The predicted molar refractivity (Wildman–Crippen MR) is 81.2 cm³/mol. The summed E-state index contributed by atoms with van der Waals surface area (Å²) >= 11 is 15.1. The van der Waals surface area contributed by atoms with Crippen LogP contribution < -0.4 is 10.6 Å². The summed E-state index contributed by atoms with van der Waals surface area (Å²) in [4.78, 5) is 4.22. The highest BCUT2D eigenvalue weighted by Gasteiger charge is 2.09. The Labute approximate surface area is 128 Å². The molecule has 0 saturated heterocycles. The molecule has 0 aliphatic rings. The van der Waals surface area contributed by atoms with Crippen LogP contribution in [-0.4, -0.2) is 12.0 Å². The summed E-state index contributed by atoms with van der Waals surface area (Å²) in [6.45, 7) is 0. The van der Waals surface area contributed by atoms with Gasteiger partial charge in [-0.15, -0.1) is 0 Å². The summed E-state index contributed by atoms with van der Waals surface area (Å²) in [7, 11) is 1.70.